The first-order valence-corrected chi connectivity index (χ1v) is 6.07. The maximum absolute atomic E-state index is 5.47. The van der Waals surface area contributed by atoms with Gasteiger partial charge in [-0.3, -0.25) is 0 Å². The van der Waals surface area contributed by atoms with Crippen molar-refractivity contribution in [3.8, 4) is 0 Å². The van der Waals surface area contributed by atoms with Crippen molar-refractivity contribution in [2.75, 3.05) is 12.3 Å². The van der Waals surface area contributed by atoms with E-state index in [4.69, 9.17) is 5.73 Å². The van der Waals surface area contributed by atoms with Crippen LogP contribution in [0.1, 0.15) is 0 Å². The fraction of sp³-hybridized carbons (Fsp3) is 0.200. The lowest BCUT2D eigenvalue weighted by Crippen LogP contribution is -2.00. The third-order valence-corrected chi connectivity index (χ3v) is 4.02. The lowest BCUT2D eigenvalue weighted by atomic mass is 10.3. The largest absolute Gasteiger partial charge is 0.330 e. The van der Waals surface area contributed by atoms with Crippen LogP contribution in [0, 0.1) is 0 Å². The van der Waals surface area contributed by atoms with Crippen LogP contribution in [-0.4, -0.2) is 12.3 Å². The molecule has 1 nitrogen and oxygen atoms in total. The van der Waals surface area contributed by atoms with Gasteiger partial charge in [0.15, 0.2) is 0 Å². The molecule has 68 valence electrons. The molecule has 0 amide bonds. The number of fused-ring (bicyclic) bond motifs is 1. The van der Waals surface area contributed by atoms with Crippen LogP contribution in [0.2, 0.25) is 0 Å². The Balaban J connectivity index is 2.35. The van der Waals surface area contributed by atoms with E-state index in [9.17, 15) is 0 Å². The van der Waals surface area contributed by atoms with Crippen LogP contribution in [0.25, 0.3) is 10.1 Å². The fourth-order valence-corrected chi connectivity index (χ4v) is 3.21. The highest BCUT2D eigenvalue weighted by atomic mass is 32.2. The molecule has 0 saturated heterocycles. The van der Waals surface area contributed by atoms with Gasteiger partial charge in [-0.1, -0.05) is 18.2 Å². The van der Waals surface area contributed by atoms with Gasteiger partial charge in [-0.05, 0) is 6.07 Å². The van der Waals surface area contributed by atoms with Crippen molar-refractivity contribution in [1.82, 2.24) is 0 Å². The second-order valence-corrected chi connectivity index (χ2v) is 4.78. The zero-order valence-electron chi connectivity index (χ0n) is 7.19. The summed E-state index contributed by atoms with van der Waals surface area (Å²) in [4.78, 5) is 1.37. The third kappa shape index (κ3) is 1.88. The van der Waals surface area contributed by atoms with Gasteiger partial charge in [0.25, 0.3) is 0 Å². The first-order chi connectivity index (χ1) is 6.42. The summed E-state index contributed by atoms with van der Waals surface area (Å²) in [5, 5.41) is 3.58. The van der Waals surface area contributed by atoms with Crippen LogP contribution >= 0.6 is 23.1 Å². The van der Waals surface area contributed by atoms with E-state index in [1.807, 2.05) is 11.8 Å². The molecule has 2 N–H and O–H groups in total. The number of thioether (sulfide) groups is 1. The van der Waals surface area contributed by atoms with Crippen molar-refractivity contribution in [3.63, 3.8) is 0 Å². The first kappa shape index (κ1) is 9.06. The maximum Gasteiger partial charge on any atom is 0.0354 e. The van der Waals surface area contributed by atoms with Crippen LogP contribution in [0.3, 0.4) is 0 Å². The zero-order valence-corrected chi connectivity index (χ0v) is 8.83. The Bertz CT molecular complexity index is 394. The van der Waals surface area contributed by atoms with Crippen molar-refractivity contribution in [3.05, 3.63) is 29.6 Å². The molecule has 13 heavy (non-hydrogen) atoms. The quantitative estimate of drug-likeness (QED) is 0.787. The average molecular weight is 209 g/mol. The molecule has 0 atom stereocenters. The summed E-state index contributed by atoms with van der Waals surface area (Å²) in [6.45, 7) is 0.745. The Hall–Kier alpha value is -0.510. The Labute approximate surface area is 85.9 Å². The summed E-state index contributed by atoms with van der Waals surface area (Å²) in [5.74, 6) is 1.00. The Morgan fingerprint density at radius 1 is 1.31 bits per heavy atom. The van der Waals surface area contributed by atoms with Gasteiger partial charge in [0.1, 0.15) is 0 Å². The molecule has 0 unspecified atom stereocenters. The van der Waals surface area contributed by atoms with E-state index in [0.29, 0.717) is 0 Å². The van der Waals surface area contributed by atoms with E-state index >= 15 is 0 Å². The molecular formula is C10H11NS2. The molecule has 1 aromatic heterocycles. The molecule has 0 aliphatic rings. The second kappa shape index (κ2) is 4.13. The normalized spacial score (nSPS) is 10.8. The van der Waals surface area contributed by atoms with Crippen LogP contribution < -0.4 is 5.73 Å². The number of nitrogens with two attached hydrogens (primary N) is 1. The maximum atomic E-state index is 5.47. The lowest BCUT2D eigenvalue weighted by molar-refractivity contribution is 1.15. The minimum Gasteiger partial charge on any atom is -0.330 e. The molecule has 0 radical (unpaired) electrons. The van der Waals surface area contributed by atoms with Gasteiger partial charge >= 0.3 is 0 Å². The van der Waals surface area contributed by atoms with Crippen molar-refractivity contribution in [1.29, 1.82) is 0 Å². The Morgan fingerprint density at radius 2 is 2.15 bits per heavy atom. The van der Waals surface area contributed by atoms with Crippen LogP contribution in [0.15, 0.2) is 34.5 Å². The molecule has 0 bridgehead atoms. The molecule has 1 heterocycles. The van der Waals surface area contributed by atoms with Crippen LogP contribution in [0.4, 0.5) is 0 Å². The van der Waals surface area contributed by atoms with E-state index in [2.05, 4.69) is 29.6 Å². The Morgan fingerprint density at radius 3 is 3.00 bits per heavy atom. The Kier molecular flexibility index (Phi) is 2.88. The molecule has 0 saturated carbocycles. The number of benzene rings is 1. The van der Waals surface area contributed by atoms with Gasteiger partial charge in [0.2, 0.25) is 0 Å². The second-order valence-electron chi connectivity index (χ2n) is 2.73. The fourth-order valence-electron chi connectivity index (χ4n) is 1.23. The highest BCUT2D eigenvalue weighted by molar-refractivity contribution is 7.99. The number of thiophene rings is 1. The number of hydrogen-bond donors (Lipinski definition) is 1. The standard InChI is InChI=1S/C10H11NS2/c11-5-6-12-10-7-13-9-4-2-1-3-8(9)10/h1-4,7H,5-6,11H2. The van der Waals surface area contributed by atoms with Crippen LogP contribution in [0.5, 0.6) is 0 Å². The van der Waals surface area contributed by atoms with E-state index in [-0.39, 0.29) is 0 Å². The van der Waals surface area contributed by atoms with E-state index in [1.54, 1.807) is 11.3 Å². The molecule has 2 aromatic rings. The highest BCUT2D eigenvalue weighted by Crippen LogP contribution is 2.32. The highest BCUT2D eigenvalue weighted by Gasteiger charge is 2.02. The summed E-state index contributed by atoms with van der Waals surface area (Å²) >= 11 is 3.64. The first-order valence-electron chi connectivity index (χ1n) is 4.21. The van der Waals surface area contributed by atoms with Crippen molar-refractivity contribution in [2.45, 2.75) is 4.90 Å². The predicted octanol–water partition coefficient (Wildman–Crippen LogP) is 2.95. The SMILES string of the molecule is NCCSc1csc2ccccc12. The minimum absolute atomic E-state index is 0.745. The number of rotatable bonds is 3. The van der Waals surface area contributed by atoms with E-state index in [0.717, 1.165) is 12.3 Å². The monoisotopic (exact) mass is 209 g/mol. The zero-order chi connectivity index (χ0) is 9.10. The average Bonchev–Trinajstić information content (AvgIpc) is 2.58. The summed E-state index contributed by atoms with van der Waals surface area (Å²) in [7, 11) is 0. The topological polar surface area (TPSA) is 26.0 Å². The molecule has 3 heteroatoms. The molecule has 0 aliphatic carbocycles. The number of hydrogen-bond acceptors (Lipinski definition) is 3. The van der Waals surface area contributed by atoms with Gasteiger partial charge in [-0.15, -0.1) is 23.1 Å². The van der Waals surface area contributed by atoms with Crippen molar-refractivity contribution in [2.24, 2.45) is 5.73 Å². The molecule has 2 rings (SSSR count). The van der Waals surface area contributed by atoms with E-state index < -0.39 is 0 Å². The summed E-state index contributed by atoms with van der Waals surface area (Å²) in [6.07, 6.45) is 0. The lowest BCUT2D eigenvalue weighted by Gasteiger charge is -1.96. The van der Waals surface area contributed by atoms with E-state index in [1.165, 1.54) is 15.0 Å². The van der Waals surface area contributed by atoms with Crippen LogP contribution in [-0.2, 0) is 0 Å². The summed E-state index contributed by atoms with van der Waals surface area (Å²) < 4.78 is 1.36. The van der Waals surface area contributed by atoms with Crippen molar-refractivity contribution < 1.29 is 0 Å². The third-order valence-electron chi connectivity index (χ3n) is 1.82. The summed E-state index contributed by atoms with van der Waals surface area (Å²) in [6, 6.07) is 8.50. The molecular weight excluding hydrogens is 198 g/mol. The molecule has 0 aliphatic heterocycles. The van der Waals surface area contributed by atoms with Gasteiger partial charge in [0, 0.05) is 32.7 Å². The van der Waals surface area contributed by atoms with Gasteiger partial charge in [-0.2, -0.15) is 0 Å². The molecule has 0 fully saturated rings. The van der Waals surface area contributed by atoms with Gasteiger partial charge in [0.05, 0.1) is 0 Å². The van der Waals surface area contributed by atoms with Gasteiger partial charge in [-0.25, -0.2) is 0 Å². The molecule has 0 spiro atoms. The smallest absolute Gasteiger partial charge is 0.0354 e. The summed E-state index contributed by atoms with van der Waals surface area (Å²) in [5.41, 5.74) is 5.47. The van der Waals surface area contributed by atoms with Gasteiger partial charge < -0.3 is 5.73 Å². The van der Waals surface area contributed by atoms with Crippen molar-refractivity contribution >= 4 is 33.2 Å². The molecule has 1 aromatic carbocycles. The predicted molar refractivity (Wildman–Crippen MR) is 61.6 cm³/mol. The minimum atomic E-state index is 0.745.